The molecule has 0 radical (unpaired) electrons. The van der Waals surface area contributed by atoms with Crippen molar-refractivity contribution >= 4 is 18.3 Å². The molecule has 1 atom stereocenters. The van der Waals surface area contributed by atoms with E-state index in [0.29, 0.717) is 6.61 Å². The van der Waals surface area contributed by atoms with Gasteiger partial charge in [0, 0.05) is 6.42 Å². The number of benzene rings is 1. The number of rotatable bonds is 5. The molecule has 0 aromatic heterocycles. The first-order valence-corrected chi connectivity index (χ1v) is 6.96. The Bertz CT molecular complexity index is 506. The summed E-state index contributed by atoms with van der Waals surface area (Å²) in [5, 5.41) is 5.12. The molecule has 0 spiro atoms. The minimum absolute atomic E-state index is 0. The Morgan fingerprint density at radius 3 is 2.55 bits per heavy atom. The first-order chi connectivity index (χ1) is 9.85. The highest BCUT2D eigenvalue weighted by Crippen LogP contribution is 2.24. The molecule has 0 bridgehead atoms. The molecule has 1 aliphatic rings. The minimum atomic E-state index is -2.79. The van der Waals surface area contributed by atoms with Crippen molar-refractivity contribution in [2.45, 2.75) is 32.2 Å². The van der Waals surface area contributed by atoms with Crippen LogP contribution in [0.15, 0.2) is 18.2 Å². The van der Waals surface area contributed by atoms with E-state index in [1.807, 2.05) is 32.0 Å². The summed E-state index contributed by atoms with van der Waals surface area (Å²) < 4.78 is 31.5. The molecule has 2 rings (SSSR count). The van der Waals surface area contributed by atoms with E-state index in [1.54, 1.807) is 0 Å². The second-order valence-corrected chi connectivity index (χ2v) is 5.46. The summed E-state index contributed by atoms with van der Waals surface area (Å²) in [5.41, 5.74) is 2.21. The number of ether oxygens (including phenoxy) is 1. The molecule has 2 N–H and O–H groups in total. The zero-order valence-corrected chi connectivity index (χ0v) is 13.4. The van der Waals surface area contributed by atoms with Gasteiger partial charge in [-0.1, -0.05) is 6.07 Å². The highest BCUT2D eigenvalue weighted by atomic mass is 35.5. The minimum Gasteiger partial charge on any atom is -0.492 e. The molecular formula is C15H21ClF2N2O2. The van der Waals surface area contributed by atoms with Gasteiger partial charge < -0.3 is 10.1 Å². The van der Waals surface area contributed by atoms with Crippen molar-refractivity contribution in [2.24, 2.45) is 0 Å². The normalized spacial score (nSPS) is 19.4. The predicted molar refractivity (Wildman–Crippen MR) is 83.0 cm³/mol. The highest BCUT2D eigenvalue weighted by Gasteiger charge is 2.42. The number of carbonyl (C=O) groups excluding carboxylic acids is 1. The largest absolute Gasteiger partial charge is 0.492 e. The van der Waals surface area contributed by atoms with Gasteiger partial charge in [0.25, 0.3) is 5.92 Å². The summed E-state index contributed by atoms with van der Waals surface area (Å²) in [7, 11) is 0. The quantitative estimate of drug-likeness (QED) is 0.812. The van der Waals surface area contributed by atoms with Crippen LogP contribution in [0.4, 0.5) is 8.78 Å². The summed E-state index contributed by atoms with van der Waals surface area (Å²) in [6, 6.07) is 5.05. The number of alkyl halides is 2. The summed E-state index contributed by atoms with van der Waals surface area (Å²) in [4.78, 5) is 11.7. The number of hydrogen-bond acceptors (Lipinski definition) is 3. The van der Waals surface area contributed by atoms with Crippen LogP contribution in [0.25, 0.3) is 0 Å². The van der Waals surface area contributed by atoms with Gasteiger partial charge in [-0.05, 0) is 37.1 Å². The lowest BCUT2D eigenvalue weighted by Crippen LogP contribution is -2.41. The molecule has 1 unspecified atom stereocenters. The molecule has 7 heteroatoms. The van der Waals surface area contributed by atoms with E-state index >= 15 is 0 Å². The number of nitrogens with one attached hydrogen (secondary N) is 2. The second kappa shape index (κ2) is 7.74. The van der Waals surface area contributed by atoms with Crippen LogP contribution >= 0.6 is 12.4 Å². The predicted octanol–water partition coefficient (Wildman–Crippen LogP) is 2.22. The number of aryl methyl sites for hydroxylation is 2. The summed E-state index contributed by atoms with van der Waals surface area (Å²) in [6.45, 7) is 4.11. The summed E-state index contributed by atoms with van der Waals surface area (Å²) in [6.07, 6.45) is -0.448. The maximum absolute atomic E-state index is 13.0. The van der Waals surface area contributed by atoms with Crippen molar-refractivity contribution in [3.8, 4) is 5.75 Å². The molecule has 124 valence electrons. The van der Waals surface area contributed by atoms with E-state index < -0.39 is 30.8 Å². The number of hydrogen-bond donors (Lipinski definition) is 2. The lowest BCUT2D eigenvalue weighted by Gasteiger charge is -2.12. The first-order valence-electron chi connectivity index (χ1n) is 6.96. The van der Waals surface area contributed by atoms with Crippen LogP contribution in [-0.4, -0.2) is 37.6 Å². The Kier molecular flexibility index (Phi) is 6.56. The summed E-state index contributed by atoms with van der Waals surface area (Å²) >= 11 is 0. The first kappa shape index (κ1) is 18.6. The molecule has 1 fully saturated rings. The van der Waals surface area contributed by atoms with E-state index in [9.17, 15) is 13.6 Å². The fourth-order valence-corrected chi connectivity index (χ4v) is 2.38. The Hall–Kier alpha value is -1.40. The zero-order valence-electron chi connectivity index (χ0n) is 12.6. The molecule has 1 amide bonds. The van der Waals surface area contributed by atoms with E-state index in [4.69, 9.17) is 4.74 Å². The maximum Gasteiger partial charge on any atom is 0.262 e. The maximum atomic E-state index is 13.0. The van der Waals surface area contributed by atoms with E-state index in [1.165, 1.54) is 0 Å². The van der Waals surface area contributed by atoms with Gasteiger partial charge in [-0.15, -0.1) is 12.4 Å². The van der Waals surface area contributed by atoms with Gasteiger partial charge >= 0.3 is 0 Å². The van der Waals surface area contributed by atoms with E-state index in [0.717, 1.165) is 16.9 Å². The van der Waals surface area contributed by atoms with Gasteiger partial charge in [-0.2, -0.15) is 0 Å². The van der Waals surface area contributed by atoms with Crippen molar-refractivity contribution in [1.29, 1.82) is 0 Å². The molecule has 4 nitrogen and oxygen atoms in total. The van der Waals surface area contributed by atoms with Crippen LogP contribution in [0.5, 0.6) is 5.75 Å². The number of carbonyl (C=O) groups is 1. The van der Waals surface area contributed by atoms with Gasteiger partial charge in [0.15, 0.2) is 0 Å². The monoisotopic (exact) mass is 334 g/mol. The van der Waals surface area contributed by atoms with Crippen molar-refractivity contribution in [2.75, 3.05) is 19.7 Å². The molecule has 1 aromatic rings. The fraction of sp³-hybridized carbons (Fsp3) is 0.533. The summed E-state index contributed by atoms with van der Waals surface area (Å²) in [5.74, 6) is -2.46. The van der Waals surface area contributed by atoms with Gasteiger partial charge in [-0.3, -0.25) is 10.1 Å². The van der Waals surface area contributed by atoms with Crippen molar-refractivity contribution in [3.05, 3.63) is 29.3 Å². The second-order valence-electron chi connectivity index (χ2n) is 5.46. The molecular weight excluding hydrogens is 314 g/mol. The number of amides is 1. The van der Waals surface area contributed by atoms with E-state index in [-0.39, 0.29) is 19.0 Å². The third-order valence-electron chi connectivity index (χ3n) is 3.29. The third kappa shape index (κ3) is 5.42. The standard InChI is InChI=1S/C15H20F2N2O2.ClH/c1-10-5-11(2)7-12(6-10)21-4-3-18-14(20)13-8-15(16,17)9-19-13;/h5-7,13,19H,3-4,8-9H2,1-2H3,(H,18,20);1H. The van der Waals surface area contributed by atoms with Crippen LogP contribution in [0, 0.1) is 13.8 Å². The molecule has 1 heterocycles. The van der Waals surface area contributed by atoms with Gasteiger partial charge in [-0.25, -0.2) is 8.78 Å². The smallest absolute Gasteiger partial charge is 0.262 e. The van der Waals surface area contributed by atoms with Crippen molar-refractivity contribution in [1.82, 2.24) is 10.6 Å². The highest BCUT2D eigenvalue weighted by molar-refractivity contribution is 5.85. The van der Waals surface area contributed by atoms with Crippen LogP contribution < -0.4 is 15.4 Å². The Labute approximate surface area is 135 Å². The lowest BCUT2D eigenvalue weighted by molar-refractivity contribution is -0.123. The van der Waals surface area contributed by atoms with Crippen LogP contribution in [-0.2, 0) is 4.79 Å². The Morgan fingerprint density at radius 1 is 1.36 bits per heavy atom. The van der Waals surface area contributed by atoms with Gasteiger partial charge in [0.2, 0.25) is 5.91 Å². The van der Waals surface area contributed by atoms with Crippen LogP contribution in [0.1, 0.15) is 17.5 Å². The van der Waals surface area contributed by atoms with Gasteiger partial charge in [0.05, 0.1) is 19.1 Å². The molecule has 1 saturated heterocycles. The average Bonchev–Trinajstić information content (AvgIpc) is 2.74. The molecule has 0 saturated carbocycles. The molecule has 1 aromatic carbocycles. The van der Waals surface area contributed by atoms with Crippen LogP contribution in [0.2, 0.25) is 0 Å². The Morgan fingerprint density at radius 2 is 2.00 bits per heavy atom. The van der Waals surface area contributed by atoms with Crippen LogP contribution in [0.3, 0.4) is 0 Å². The SMILES string of the molecule is Cc1cc(C)cc(OCCNC(=O)C2CC(F)(F)CN2)c1.Cl. The number of halogens is 3. The van der Waals surface area contributed by atoms with Crippen molar-refractivity contribution < 1.29 is 18.3 Å². The molecule has 22 heavy (non-hydrogen) atoms. The average molecular weight is 335 g/mol. The van der Waals surface area contributed by atoms with Crippen molar-refractivity contribution in [3.63, 3.8) is 0 Å². The lowest BCUT2D eigenvalue weighted by atomic mass is 10.1. The van der Waals surface area contributed by atoms with E-state index in [2.05, 4.69) is 10.6 Å². The molecule has 1 aliphatic heterocycles. The molecule has 0 aliphatic carbocycles. The topological polar surface area (TPSA) is 50.4 Å². The van der Waals surface area contributed by atoms with Gasteiger partial charge in [0.1, 0.15) is 12.4 Å². The Balaban J connectivity index is 0.00000242. The third-order valence-corrected chi connectivity index (χ3v) is 3.29. The fourth-order valence-electron chi connectivity index (χ4n) is 2.38. The zero-order chi connectivity index (χ0) is 15.5.